The fourth-order valence-electron chi connectivity index (χ4n) is 2.01. The Kier molecular flexibility index (Phi) is 5.03. The number of hydrogen-bond acceptors (Lipinski definition) is 5. The summed E-state index contributed by atoms with van der Waals surface area (Å²) in [5.41, 5.74) is 7.29. The highest BCUT2D eigenvalue weighted by Gasteiger charge is 2.12. The van der Waals surface area contributed by atoms with Crippen LogP contribution >= 0.6 is 0 Å². The van der Waals surface area contributed by atoms with Gasteiger partial charge in [-0.15, -0.1) is 0 Å². The third-order valence-electron chi connectivity index (χ3n) is 3.27. The number of para-hydroxylation sites is 1. The van der Waals surface area contributed by atoms with Crippen LogP contribution in [-0.4, -0.2) is 16.7 Å². The molecule has 0 saturated heterocycles. The number of nitrogens with one attached hydrogen (secondary N) is 1. The third kappa shape index (κ3) is 4.37. The first kappa shape index (κ1) is 16.2. The van der Waals surface area contributed by atoms with E-state index in [1.54, 1.807) is 12.1 Å². The molecule has 7 heteroatoms. The van der Waals surface area contributed by atoms with Crippen LogP contribution in [0.4, 0.5) is 11.4 Å². The van der Waals surface area contributed by atoms with Crippen LogP contribution in [0.3, 0.4) is 0 Å². The number of imide groups is 1. The van der Waals surface area contributed by atoms with Crippen LogP contribution in [0.2, 0.25) is 0 Å². The van der Waals surface area contributed by atoms with Crippen LogP contribution < -0.4 is 11.1 Å². The van der Waals surface area contributed by atoms with Gasteiger partial charge in [-0.05, 0) is 30.2 Å². The minimum atomic E-state index is -0.592. The first-order chi connectivity index (χ1) is 11.0. The Hall–Kier alpha value is -3.22. The maximum Gasteiger partial charge on any atom is 0.269 e. The molecule has 0 bridgehead atoms. The standard InChI is InChI=1S/C16H15N3O4/c17-14-4-2-1-3-11(14)7-10-15(20)18-16(21)12-5-8-13(9-6-12)19(22)23/h1-6,8-9H,7,10,17H2,(H,18,20,21). The molecular formula is C16H15N3O4. The van der Waals surface area contributed by atoms with Crippen molar-refractivity contribution >= 4 is 23.2 Å². The SMILES string of the molecule is Nc1ccccc1CCC(=O)NC(=O)c1ccc([N+](=O)[O-])cc1. The molecule has 0 aliphatic heterocycles. The molecule has 118 valence electrons. The molecule has 0 spiro atoms. The molecule has 2 rings (SSSR count). The Balaban J connectivity index is 1.91. The van der Waals surface area contributed by atoms with Gasteiger partial charge in [0.2, 0.25) is 5.91 Å². The maximum absolute atomic E-state index is 11.9. The Labute approximate surface area is 132 Å². The molecule has 2 aromatic carbocycles. The number of aryl methyl sites for hydroxylation is 1. The van der Waals surface area contributed by atoms with Gasteiger partial charge in [-0.25, -0.2) is 0 Å². The highest BCUT2D eigenvalue weighted by Crippen LogP contribution is 2.13. The second-order valence-electron chi connectivity index (χ2n) is 4.88. The van der Waals surface area contributed by atoms with Gasteiger partial charge >= 0.3 is 0 Å². The van der Waals surface area contributed by atoms with Gasteiger partial charge in [0.15, 0.2) is 0 Å². The number of nitrogens with two attached hydrogens (primary N) is 1. The maximum atomic E-state index is 11.9. The first-order valence-corrected chi connectivity index (χ1v) is 6.89. The third-order valence-corrected chi connectivity index (χ3v) is 3.27. The zero-order valence-electron chi connectivity index (χ0n) is 12.2. The number of nitrogens with zero attached hydrogens (tertiary/aromatic N) is 1. The largest absolute Gasteiger partial charge is 0.399 e. The van der Waals surface area contributed by atoms with E-state index in [0.717, 1.165) is 5.56 Å². The van der Waals surface area contributed by atoms with E-state index >= 15 is 0 Å². The lowest BCUT2D eigenvalue weighted by Gasteiger charge is -2.06. The fraction of sp³-hybridized carbons (Fsp3) is 0.125. The molecule has 0 fully saturated rings. The van der Waals surface area contributed by atoms with Crippen LogP contribution in [0.25, 0.3) is 0 Å². The summed E-state index contributed by atoms with van der Waals surface area (Å²) in [5, 5.41) is 12.8. The van der Waals surface area contributed by atoms with Crippen LogP contribution in [0, 0.1) is 10.1 Å². The van der Waals surface area contributed by atoms with Crippen molar-refractivity contribution in [3.63, 3.8) is 0 Å². The Morgan fingerprint density at radius 3 is 2.35 bits per heavy atom. The molecule has 0 aliphatic rings. The Morgan fingerprint density at radius 2 is 1.74 bits per heavy atom. The normalized spacial score (nSPS) is 10.1. The molecule has 7 nitrogen and oxygen atoms in total. The van der Waals surface area contributed by atoms with Crippen molar-refractivity contribution in [3.8, 4) is 0 Å². The summed E-state index contributed by atoms with van der Waals surface area (Å²) in [5.74, 6) is -1.03. The average molecular weight is 313 g/mol. The molecule has 3 N–H and O–H groups in total. The predicted molar refractivity (Wildman–Crippen MR) is 84.7 cm³/mol. The molecule has 23 heavy (non-hydrogen) atoms. The summed E-state index contributed by atoms with van der Waals surface area (Å²) >= 11 is 0. The molecule has 2 amide bonds. The van der Waals surface area contributed by atoms with Crippen LogP contribution in [0.1, 0.15) is 22.3 Å². The molecule has 0 aromatic heterocycles. The van der Waals surface area contributed by atoms with Gasteiger partial charge in [-0.2, -0.15) is 0 Å². The highest BCUT2D eigenvalue weighted by molar-refractivity contribution is 6.04. The van der Waals surface area contributed by atoms with Crippen LogP contribution in [0.15, 0.2) is 48.5 Å². The highest BCUT2D eigenvalue weighted by atomic mass is 16.6. The van der Waals surface area contributed by atoms with Gasteiger partial charge < -0.3 is 5.73 Å². The molecule has 0 unspecified atom stereocenters. The monoisotopic (exact) mass is 313 g/mol. The lowest BCUT2D eigenvalue weighted by molar-refractivity contribution is -0.384. The topological polar surface area (TPSA) is 115 Å². The summed E-state index contributed by atoms with van der Waals surface area (Å²) in [7, 11) is 0. The van der Waals surface area contributed by atoms with Crippen molar-refractivity contribution < 1.29 is 14.5 Å². The molecule has 0 heterocycles. The van der Waals surface area contributed by atoms with Crippen molar-refractivity contribution in [2.75, 3.05) is 5.73 Å². The van der Waals surface area contributed by atoms with Crippen molar-refractivity contribution in [1.29, 1.82) is 0 Å². The van der Waals surface area contributed by atoms with Gasteiger partial charge in [0.1, 0.15) is 0 Å². The van der Waals surface area contributed by atoms with E-state index in [4.69, 9.17) is 5.73 Å². The van der Waals surface area contributed by atoms with Crippen molar-refractivity contribution in [2.24, 2.45) is 0 Å². The van der Waals surface area contributed by atoms with Crippen molar-refractivity contribution in [2.45, 2.75) is 12.8 Å². The average Bonchev–Trinajstić information content (AvgIpc) is 2.54. The van der Waals surface area contributed by atoms with E-state index < -0.39 is 16.7 Å². The molecule has 0 atom stereocenters. The number of amides is 2. The van der Waals surface area contributed by atoms with Gasteiger partial charge in [0, 0.05) is 29.8 Å². The predicted octanol–water partition coefficient (Wildman–Crippen LogP) is 2.07. The van der Waals surface area contributed by atoms with Crippen molar-refractivity contribution in [1.82, 2.24) is 5.32 Å². The van der Waals surface area contributed by atoms with Crippen LogP contribution in [0.5, 0.6) is 0 Å². The lowest BCUT2D eigenvalue weighted by Crippen LogP contribution is -2.30. The number of carbonyl (C=O) groups is 2. The Morgan fingerprint density at radius 1 is 1.09 bits per heavy atom. The van der Waals surface area contributed by atoms with Gasteiger partial charge in [0.05, 0.1) is 4.92 Å². The fourth-order valence-corrected chi connectivity index (χ4v) is 2.01. The Bertz CT molecular complexity index is 741. The van der Waals surface area contributed by atoms with E-state index in [1.165, 1.54) is 24.3 Å². The summed E-state index contributed by atoms with van der Waals surface area (Å²) in [4.78, 5) is 33.7. The van der Waals surface area contributed by atoms with E-state index in [0.29, 0.717) is 12.1 Å². The summed E-state index contributed by atoms with van der Waals surface area (Å²) in [6.07, 6.45) is 0.541. The molecule has 0 saturated carbocycles. The summed E-state index contributed by atoms with van der Waals surface area (Å²) in [6.45, 7) is 0. The lowest BCUT2D eigenvalue weighted by atomic mass is 10.1. The number of rotatable bonds is 5. The number of carbonyl (C=O) groups excluding carboxylic acids is 2. The quantitative estimate of drug-likeness (QED) is 0.498. The van der Waals surface area contributed by atoms with Gasteiger partial charge in [-0.1, -0.05) is 18.2 Å². The zero-order chi connectivity index (χ0) is 16.8. The number of hydrogen-bond donors (Lipinski definition) is 2. The van der Waals surface area contributed by atoms with E-state index in [-0.39, 0.29) is 17.7 Å². The second-order valence-corrected chi connectivity index (χ2v) is 4.88. The molecular weight excluding hydrogens is 298 g/mol. The van der Waals surface area contributed by atoms with E-state index in [1.807, 2.05) is 12.1 Å². The minimum absolute atomic E-state index is 0.118. The van der Waals surface area contributed by atoms with E-state index in [9.17, 15) is 19.7 Å². The van der Waals surface area contributed by atoms with Crippen molar-refractivity contribution in [3.05, 3.63) is 69.8 Å². The van der Waals surface area contributed by atoms with Gasteiger partial charge in [-0.3, -0.25) is 25.0 Å². The second kappa shape index (κ2) is 7.17. The number of benzene rings is 2. The number of non-ortho nitro benzene ring substituents is 1. The number of anilines is 1. The van der Waals surface area contributed by atoms with E-state index in [2.05, 4.69) is 5.32 Å². The summed E-state index contributed by atoms with van der Waals surface area (Å²) in [6, 6.07) is 12.2. The number of nitrogen functional groups attached to an aromatic ring is 1. The zero-order valence-corrected chi connectivity index (χ0v) is 12.2. The smallest absolute Gasteiger partial charge is 0.269 e. The van der Waals surface area contributed by atoms with Crippen LogP contribution in [-0.2, 0) is 11.2 Å². The number of nitro groups is 1. The molecule has 0 radical (unpaired) electrons. The van der Waals surface area contributed by atoms with Gasteiger partial charge in [0.25, 0.3) is 11.6 Å². The minimum Gasteiger partial charge on any atom is -0.399 e. The first-order valence-electron chi connectivity index (χ1n) is 6.89. The molecule has 2 aromatic rings. The number of nitro benzene ring substituents is 1. The summed E-state index contributed by atoms with van der Waals surface area (Å²) < 4.78 is 0. The molecule has 0 aliphatic carbocycles.